The topological polar surface area (TPSA) is 55.0 Å². The first-order chi connectivity index (χ1) is 6.70. The van der Waals surface area contributed by atoms with Crippen LogP contribution in [-0.2, 0) is 35.0 Å². The van der Waals surface area contributed by atoms with Crippen LogP contribution in [0, 0.1) is 0 Å². The monoisotopic (exact) mass is 294 g/mol. The van der Waals surface area contributed by atoms with Crippen molar-refractivity contribution in [3.63, 3.8) is 0 Å². The van der Waals surface area contributed by atoms with Crippen molar-refractivity contribution in [2.24, 2.45) is 0 Å². The number of benzene rings is 1. The van der Waals surface area contributed by atoms with Crippen molar-refractivity contribution in [2.45, 2.75) is 12.2 Å². The zero-order valence-corrected chi connectivity index (χ0v) is 10.4. The molecule has 0 bridgehead atoms. The van der Waals surface area contributed by atoms with E-state index in [1.54, 1.807) is 6.07 Å². The first-order valence-corrected chi connectivity index (χ1v) is 5.22. The Kier molecular flexibility index (Phi) is 7.75. The average molecular weight is 294 g/mol. The Morgan fingerprint density at radius 2 is 2.07 bits per heavy atom. The summed E-state index contributed by atoms with van der Waals surface area (Å²) >= 11 is 5.87. The van der Waals surface area contributed by atoms with Crippen LogP contribution in [0.2, 0.25) is 0 Å². The van der Waals surface area contributed by atoms with Crippen molar-refractivity contribution in [3.8, 4) is 0 Å². The molecule has 1 N–H and O–H groups in total. The third-order valence-electron chi connectivity index (χ3n) is 1.42. The van der Waals surface area contributed by atoms with E-state index in [4.69, 9.17) is 21.9 Å². The van der Waals surface area contributed by atoms with E-state index in [0.29, 0.717) is 12.2 Å². The van der Waals surface area contributed by atoms with E-state index in [-0.39, 0.29) is 5.25 Å². The van der Waals surface area contributed by atoms with Gasteiger partial charge in [0.1, 0.15) is 0 Å². The minimum absolute atomic E-state index is 0.143. The number of para-hydroxylation sites is 1. The normalized spacial score (nSPS) is 10.9. The van der Waals surface area contributed by atoms with E-state index >= 15 is 0 Å². The number of nitrogens with one attached hydrogen (secondary N) is 1. The Bertz CT molecular complexity index is 271. The molecule has 5 heteroatoms. The second kappa shape index (κ2) is 7.97. The summed E-state index contributed by atoms with van der Waals surface area (Å²) in [7, 11) is 0. The molecule has 1 atom stereocenters. The Balaban J connectivity index is 0.000000791. The van der Waals surface area contributed by atoms with Gasteiger partial charge in [0.05, 0.1) is 0 Å². The minimum atomic E-state index is 0.143. The van der Waals surface area contributed by atoms with Crippen LogP contribution >= 0.6 is 0 Å². The molecule has 1 rings (SSSR count). The van der Waals surface area contributed by atoms with Gasteiger partial charge in [-0.05, 0) is 0 Å². The number of hydrogen-bond acceptors (Lipinski definition) is 2. The van der Waals surface area contributed by atoms with Gasteiger partial charge in [0, 0.05) is 0 Å². The maximum absolute atomic E-state index is 8.22. The summed E-state index contributed by atoms with van der Waals surface area (Å²) in [5, 5.41) is 4.36. The van der Waals surface area contributed by atoms with Gasteiger partial charge in [-0.3, -0.25) is 0 Å². The Hall–Kier alpha value is -0.381. The molecule has 0 heterocycles. The average Bonchev–Trinajstić information content (AvgIpc) is 2.19. The molecular weight excluding hydrogens is 283 g/mol. The molecule has 1 aromatic rings. The maximum atomic E-state index is 8.22. The van der Waals surface area contributed by atoms with Crippen LogP contribution in [0.3, 0.4) is 0 Å². The van der Waals surface area contributed by atoms with E-state index < -0.39 is 0 Å². The first kappa shape index (κ1) is 13.6. The van der Waals surface area contributed by atoms with E-state index in [1.807, 2.05) is 25.1 Å². The van der Waals surface area contributed by atoms with E-state index in [2.05, 4.69) is 5.32 Å². The second-order valence-corrected chi connectivity index (χ2v) is 3.47. The molecule has 0 aliphatic rings. The van der Waals surface area contributed by atoms with Gasteiger partial charge >= 0.3 is 22.4 Å². The van der Waals surface area contributed by atoms with E-state index in [9.17, 15) is 0 Å². The summed E-state index contributed by atoms with van der Waals surface area (Å²) in [6, 6.07) is 7.27. The van der Waals surface area contributed by atoms with Gasteiger partial charge in [0.15, 0.2) is 0 Å². The van der Waals surface area contributed by atoms with Crippen LogP contribution in [-0.4, -0.2) is 11.8 Å². The molecule has 76 valence electrons. The molecule has 0 spiro atoms. The number of rotatable bonds is 3. The van der Waals surface area contributed by atoms with Crippen molar-refractivity contribution < 1.29 is 22.4 Å². The molecule has 1 unspecified atom stereocenters. The van der Waals surface area contributed by atoms with Gasteiger partial charge in [-0.25, -0.2) is 0 Å². The molecule has 3 nitrogen and oxygen atoms in total. The van der Waals surface area contributed by atoms with Gasteiger partial charge in [-0.15, -0.1) is 0 Å². The third-order valence-corrected chi connectivity index (χ3v) is 1.57. The van der Waals surface area contributed by atoms with Crippen molar-refractivity contribution >= 4 is 24.0 Å². The summed E-state index contributed by atoms with van der Waals surface area (Å²) in [5.74, 6) is 0. The van der Waals surface area contributed by atoms with Crippen LogP contribution in [0.1, 0.15) is 6.92 Å². The summed E-state index contributed by atoms with van der Waals surface area (Å²) in [4.78, 5) is 0. The van der Waals surface area contributed by atoms with Crippen LogP contribution in [0.25, 0.3) is 11.1 Å². The number of nitrogens with zero attached hydrogens (tertiary/aromatic N) is 1. The molecule has 0 aliphatic carbocycles. The third kappa shape index (κ3) is 5.37. The molecule has 0 saturated heterocycles. The van der Waals surface area contributed by atoms with Crippen molar-refractivity contribution in [3.05, 3.63) is 35.3 Å². The molecule has 0 amide bonds. The van der Waals surface area contributed by atoms with Gasteiger partial charge in [0.25, 0.3) is 0 Å². The molecule has 0 saturated carbocycles. The predicted octanol–water partition coefficient (Wildman–Crippen LogP) is 3.19. The molecule has 0 fully saturated rings. The quantitative estimate of drug-likeness (QED) is 0.804. The summed E-state index contributed by atoms with van der Waals surface area (Å²) in [6.07, 6.45) is 0. The standard InChI is InChI=1S/C9H12N2S.O.Tc/c1-7(12)6-11-9-5-3-2-4-8(9)10;;/h2-5,7,10,12H,6H2,1H3;;/q-2;;+3/p-1/i;;1+1. The van der Waals surface area contributed by atoms with Crippen LogP contribution < -0.4 is 0 Å². The van der Waals surface area contributed by atoms with Crippen molar-refractivity contribution in [1.82, 2.24) is 0 Å². The van der Waals surface area contributed by atoms with Crippen molar-refractivity contribution in [2.75, 3.05) is 6.54 Å². The van der Waals surface area contributed by atoms with Crippen molar-refractivity contribution in [1.29, 1.82) is 0 Å². The fourth-order valence-electron chi connectivity index (χ4n) is 0.838. The zero-order chi connectivity index (χ0) is 11.0. The van der Waals surface area contributed by atoms with E-state index in [0.717, 1.165) is 24.5 Å². The molecule has 0 aromatic heterocycles. The second-order valence-electron chi connectivity index (χ2n) is 2.67. The summed E-state index contributed by atoms with van der Waals surface area (Å²) in [6.45, 7) is 2.55. The Labute approximate surface area is 100 Å². The van der Waals surface area contributed by atoms with E-state index in [1.165, 1.54) is 0 Å². The van der Waals surface area contributed by atoms with Gasteiger partial charge in [0.2, 0.25) is 0 Å². The van der Waals surface area contributed by atoms with Gasteiger partial charge in [-0.2, -0.15) is 23.2 Å². The fourth-order valence-corrected chi connectivity index (χ4v) is 0.913. The summed E-state index contributed by atoms with van der Waals surface area (Å²) in [5.41, 5.74) is 8.68. The Morgan fingerprint density at radius 1 is 1.50 bits per heavy atom. The molecule has 0 radical (unpaired) electrons. The summed E-state index contributed by atoms with van der Waals surface area (Å²) < 4.78 is 8.22. The van der Waals surface area contributed by atoms with Crippen LogP contribution in [0.15, 0.2) is 24.3 Å². The zero-order valence-electron chi connectivity index (χ0n) is 7.74. The fraction of sp³-hybridized carbons (Fsp3) is 0.333. The van der Waals surface area contributed by atoms with Gasteiger partial charge < -0.3 is 23.7 Å². The molecule has 1 aromatic carbocycles. The SMILES string of the molecule is CC([S-])C[N-]c1ccccc1[NH-].[O]=[99Tc+3]. The predicted molar refractivity (Wildman–Crippen MR) is 55.8 cm³/mol. The van der Waals surface area contributed by atoms with Gasteiger partial charge in [-0.1, -0.05) is 31.2 Å². The van der Waals surface area contributed by atoms with Crippen LogP contribution in [0.5, 0.6) is 0 Å². The van der Waals surface area contributed by atoms with Crippen LogP contribution in [0.4, 0.5) is 11.4 Å². The Morgan fingerprint density at radius 3 is 2.57 bits per heavy atom. The number of hydrogen-bond donors (Lipinski definition) is 0. The molecule has 0 aliphatic heterocycles. The molecular formula is C9H11N2OSTc. The first-order valence-electron chi connectivity index (χ1n) is 3.99. The molecule has 14 heavy (non-hydrogen) atoms.